The lowest BCUT2D eigenvalue weighted by molar-refractivity contribution is -0.132. The lowest BCUT2D eigenvalue weighted by Crippen LogP contribution is -2.38. The van der Waals surface area contributed by atoms with E-state index >= 15 is 0 Å². The Morgan fingerprint density at radius 2 is 1.61 bits per heavy atom. The second-order valence-corrected chi connectivity index (χ2v) is 6.29. The van der Waals surface area contributed by atoms with E-state index in [1.807, 2.05) is 61.5 Å². The van der Waals surface area contributed by atoms with Gasteiger partial charge in [-0.2, -0.15) is 13.2 Å². The molecule has 2 aromatic carbocycles. The van der Waals surface area contributed by atoms with E-state index in [-0.39, 0.29) is 6.54 Å². The molecule has 0 bridgehead atoms. The van der Waals surface area contributed by atoms with E-state index in [4.69, 9.17) is 4.74 Å². The first-order valence-corrected chi connectivity index (χ1v) is 9.24. The number of guanidine groups is 1. The van der Waals surface area contributed by atoms with Crippen LogP contribution in [0.4, 0.5) is 13.2 Å². The van der Waals surface area contributed by atoms with Gasteiger partial charge in [0.05, 0.1) is 26.2 Å². The van der Waals surface area contributed by atoms with Gasteiger partial charge in [-0.3, -0.25) is 0 Å². The van der Waals surface area contributed by atoms with Gasteiger partial charge in [0, 0.05) is 13.1 Å². The number of nitrogens with zero attached hydrogens (tertiary/aromatic N) is 1. The number of aliphatic imine (C=N–C) groups is 1. The fourth-order valence-corrected chi connectivity index (χ4v) is 2.51. The average Bonchev–Trinajstić information content (AvgIpc) is 2.66. The number of alkyl halides is 3. The molecule has 0 radical (unpaired) electrons. The van der Waals surface area contributed by atoms with Crippen molar-refractivity contribution in [3.05, 3.63) is 71.3 Å². The van der Waals surface area contributed by atoms with Gasteiger partial charge in [-0.15, -0.1) is 0 Å². The third-order valence-electron chi connectivity index (χ3n) is 3.84. The molecule has 0 aliphatic rings. The predicted octanol–water partition coefficient (Wildman–Crippen LogP) is 4.41. The maximum Gasteiger partial charge on any atom is 0.390 e. The highest BCUT2D eigenvalue weighted by molar-refractivity contribution is 5.79. The van der Waals surface area contributed by atoms with Gasteiger partial charge in [-0.05, 0) is 23.6 Å². The molecule has 28 heavy (non-hydrogen) atoms. The van der Waals surface area contributed by atoms with Crippen molar-refractivity contribution in [2.45, 2.75) is 39.3 Å². The summed E-state index contributed by atoms with van der Waals surface area (Å²) < 4.78 is 42.6. The van der Waals surface area contributed by atoms with E-state index in [0.29, 0.717) is 32.3 Å². The third kappa shape index (κ3) is 8.90. The summed E-state index contributed by atoms with van der Waals surface area (Å²) in [5, 5.41) is 5.66. The van der Waals surface area contributed by atoms with Crippen LogP contribution in [0.2, 0.25) is 0 Å². The monoisotopic (exact) mass is 393 g/mol. The Kier molecular flexibility index (Phi) is 8.81. The molecule has 2 aromatic rings. The van der Waals surface area contributed by atoms with Crippen molar-refractivity contribution in [1.82, 2.24) is 10.6 Å². The number of halogens is 3. The van der Waals surface area contributed by atoms with Crippen molar-refractivity contribution in [1.29, 1.82) is 0 Å². The van der Waals surface area contributed by atoms with Gasteiger partial charge in [0.15, 0.2) is 5.96 Å². The topological polar surface area (TPSA) is 45.7 Å². The molecule has 0 aliphatic carbocycles. The first-order chi connectivity index (χ1) is 13.5. The molecule has 0 fully saturated rings. The van der Waals surface area contributed by atoms with Gasteiger partial charge in [0.1, 0.15) is 0 Å². The van der Waals surface area contributed by atoms with Crippen LogP contribution in [-0.4, -0.2) is 25.2 Å². The summed E-state index contributed by atoms with van der Waals surface area (Å²) in [4.78, 5) is 4.36. The second-order valence-electron chi connectivity index (χ2n) is 6.29. The summed E-state index contributed by atoms with van der Waals surface area (Å²) in [5.74, 6) is 0.373. The van der Waals surface area contributed by atoms with Crippen molar-refractivity contribution < 1.29 is 17.9 Å². The zero-order valence-electron chi connectivity index (χ0n) is 15.9. The van der Waals surface area contributed by atoms with Gasteiger partial charge in [-0.1, -0.05) is 54.6 Å². The van der Waals surface area contributed by atoms with Crippen LogP contribution < -0.4 is 10.6 Å². The molecule has 0 heterocycles. The van der Waals surface area contributed by atoms with Crippen LogP contribution in [-0.2, 0) is 24.5 Å². The molecular weight excluding hydrogens is 367 g/mol. The summed E-state index contributed by atoms with van der Waals surface area (Å²) >= 11 is 0. The summed E-state index contributed by atoms with van der Waals surface area (Å²) in [6.07, 6.45) is -5.08. The molecule has 0 atom stereocenters. The highest BCUT2D eigenvalue weighted by Crippen LogP contribution is 2.18. The minimum Gasteiger partial charge on any atom is -0.372 e. The Balaban J connectivity index is 1.85. The number of ether oxygens (including phenoxy) is 1. The zero-order chi connectivity index (χ0) is 20.2. The van der Waals surface area contributed by atoms with Crippen LogP contribution in [0.15, 0.2) is 59.6 Å². The lowest BCUT2D eigenvalue weighted by Gasteiger charge is -2.12. The number of hydrogen-bond acceptors (Lipinski definition) is 2. The van der Waals surface area contributed by atoms with Crippen LogP contribution in [0.5, 0.6) is 0 Å². The van der Waals surface area contributed by atoms with E-state index in [2.05, 4.69) is 15.6 Å². The van der Waals surface area contributed by atoms with E-state index in [1.165, 1.54) is 0 Å². The highest BCUT2D eigenvalue weighted by atomic mass is 19.4. The second kappa shape index (κ2) is 11.3. The quantitative estimate of drug-likeness (QED) is 0.490. The molecule has 152 valence electrons. The predicted molar refractivity (Wildman–Crippen MR) is 105 cm³/mol. The Labute approximate surface area is 163 Å². The van der Waals surface area contributed by atoms with Gasteiger partial charge < -0.3 is 15.4 Å². The van der Waals surface area contributed by atoms with E-state index in [9.17, 15) is 13.2 Å². The molecule has 2 rings (SSSR count). The fraction of sp³-hybridized carbons (Fsp3) is 0.381. The van der Waals surface area contributed by atoms with Crippen LogP contribution in [0.3, 0.4) is 0 Å². The summed E-state index contributed by atoms with van der Waals surface area (Å²) in [5.41, 5.74) is 3.11. The number of benzene rings is 2. The molecule has 0 unspecified atom stereocenters. The number of nitrogens with one attached hydrogen (secondary N) is 2. The maximum absolute atomic E-state index is 12.3. The zero-order valence-corrected chi connectivity index (χ0v) is 15.9. The van der Waals surface area contributed by atoms with E-state index in [0.717, 1.165) is 16.7 Å². The molecule has 2 N–H and O–H groups in total. The first-order valence-electron chi connectivity index (χ1n) is 9.24. The number of hydrogen-bond donors (Lipinski definition) is 2. The Bertz CT molecular complexity index is 733. The minimum absolute atomic E-state index is 0.206. The van der Waals surface area contributed by atoms with Crippen molar-refractivity contribution in [3.8, 4) is 0 Å². The van der Waals surface area contributed by atoms with E-state index < -0.39 is 12.6 Å². The summed E-state index contributed by atoms with van der Waals surface area (Å²) in [7, 11) is 0. The molecule has 7 heteroatoms. The maximum atomic E-state index is 12.3. The van der Waals surface area contributed by atoms with Crippen LogP contribution >= 0.6 is 0 Å². The van der Waals surface area contributed by atoms with Crippen LogP contribution in [0, 0.1) is 0 Å². The SMILES string of the molecule is CCNC(=NCc1cccc(COCc2ccccc2)c1)NCCC(F)(F)F. The molecule has 0 amide bonds. The highest BCUT2D eigenvalue weighted by Gasteiger charge is 2.26. The molecule has 0 saturated heterocycles. The first kappa shape index (κ1) is 21.8. The van der Waals surface area contributed by atoms with Crippen molar-refractivity contribution in [2.75, 3.05) is 13.1 Å². The van der Waals surface area contributed by atoms with Gasteiger partial charge >= 0.3 is 6.18 Å². The van der Waals surface area contributed by atoms with Gasteiger partial charge in [-0.25, -0.2) is 4.99 Å². The Morgan fingerprint density at radius 3 is 2.32 bits per heavy atom. The Morgan fingerprint density at radius 1 is 0.929 bits per heavy atom. The normalized spacial score (nSPS) is 12.1. The molecule has 0 saturated carbocycles. The number of rotatable bonds is 9. The van der Waals surface area contributed by atoms with Crippen LogP contribution in [0.25, 0.3) is 0 Å². The molecule has 4 nitrogen and oxygen atoms in total. The third-order valence-corrected chi connectivity index (χ3v) is 3.84. The van der Waals surface area contributed by atoms with Gasteiger partial charge in [0.25, 0.3) is 0 Å². The smallest absolute Gasteiger partial charge is 0.372 e. The summed E-state index contributed by atoms with van der Waals surface area (Å²) in [6.45, 7) is 3.63. The minimum atomic E-state index is -4.18. The van der Waals surface area contributed by atoms with Crippen molar-refractivity contribution in [3.63, 3.8) is 0 Å². The largest absolute Gasteiger partial charge is 0.390 e. The Hall–Kier alpha value is -2.54. The van der Waals surface area contributed by atoms with Crippen molar-refractivity contribution >= 4 is 5.96 Å². The molecular formula is C21H26F3N3O. The van der Waals surface area contributed by atoms with E-state index in [1.54, 1.807) is 0 Å². The average molecular weight is 393 g/mol. The van der Waals surface area contributed by atoms with Crippen LogP contribution in [0.1, 0.15) is 30.0 Å². The lowest BCUT2D eigenvalue weighted by atomic mass is 10.1. The molecule has 0 spiro atoms. The van der Waals surface area contributed by atoms with Crippen molar-refractivity contribution in [2.24, 2.45) is 4.99 Å². The molecule has 0 aliphatic heterocycles. The van der Waals surface area contributed by atoms with Gasteiger partial charge in [0.2, 0.25) is 0 Å². The molecule has 0 aromatic heterocycles. The fourth-order valence-electron chi connectivity index (χ4n) is 2.51. The standard InChI is InChI=1S/C21H26F3N3O/c1-2-25-20(26-12-11-21(22,23)24)27-14-18-9-6-10-19(13-18)16-28-15-17-7-4-3-5-8-17/h3-10,13H,2,11-12,14-16H2,1H3,(H2,25,26,27). The summed E-state index contributed by atoms with van der Waals surface area (Å²) in [6, 6.07) is 17.8.